The van der Waals surface area contributed by atoms with E-state index in [-0.39, 0.29) is 11.0 Å². The maximum absolute atomic E-state index is 4.85. The fraction of sp³-hybridized carbons (Fsp3) is 0.688. The summed E-state index contributed by atoms with van der Waals surface area (Å²) >= 11 is 0. The van der Waals surface area contributed by atoms with Crippen molar-refractivity contribution in [2.75, 3.05) is 0 Å². The molecule has 110 valence electrons. The van der Waals surface area contributed by atoms with Crippen LogP contribution in [0, 0.1) is 0 Å². The number of nitrogens with zero attached hydrogens (tertiary/aromatic N) is 4. The second-order valence-electron chi connectivity index (χ2n) is 7.79. The van der Waals surface area contributed by atoms with Crippen molar-refractivity contribution in [3.63, 3.8) is 0 Å². The van der Waals surface area contributed by atoms with Crippen LogP contribution in [0.25, 0.3) is 11.0 Å². The molecule has 0 saturated heterocycles. The zero-order valence-corrected chi connectivity index (χ0v) is 13.9. The molecule has 2 heterocycles. The molecule has 4 nitrogen and oxygen atoms in total. The maximum Gasteiger partial charge on any atom is 0.162 e. The van der Waals surface area contributed by atoms with Crippen LogP contribution in [-0.2, 0) is 11.0 Å². The Hall–Kier alpha value is -1.45. The molecule has 2 rings (SSSR count). The van der Waals surface area contributed by atoms with Crippen LogP contribution >= 0.6 is 0 Å². The lowest BCUT2D eigenvalue weighted by molar-refractivity contribution is 0.362. The van der Waals surface area contributed by atoms with Crippen molar-refractivity contribution in [2.24, 2.45) is 0 Å². The van der Waals surface area contributed by atoms with E-state index in [1.165, 1.54) is 0 Å². The lowest BCUT2D eigenvalue weighted by Crippen LogP contribution is -2.24. The van der Waals surface area contributed by atoms with E-state index >= 15 is 0 Å². The predicted octanol–water partition coefficient (Wildman–Crippen LogP) is 4.00. The highest BCUT2D eigenvalue weighted by Gasteiger charge is 2.28. The molecular weight excluding hydrogens is 248 g/mol. The number of aromatic nitrogens is 4. The molecule has 2 aromatic heterocycles. The van der Waals surface area contributed by atoms with Gasteiger partial charge < -0.3 is 0 Å². The summed E-state index contributed by atoms with van der Waals surface area (Å²) in [4.78, 5) is 9.07. The van der Waals surface area contributed by atoms with Crippen molar-refractivity contribution in [2.45, 2.75) is 72.3 Å². The fourth-order valence-electron chi connectivity index (χ4n) is 2.42. The standard InChI is InChI=1S/C16H26N4/c1-10(2)12-11-13(15(3,4)5)17-9-18-14(11)20(19-12)16(6,7)8/h9-10H,1-8H3. The molecule has 0 radical (unpaired) electrons. The Morgan fingerprint density at radius 1 is 1.00 bits per heavy atom. The summed E-state index contributed by atoms with van der Waals surface area (Å²) in [6, 6.07) is 0. The van der Waals surface area contributed by atoms with Gasteiger partial charge in [0.25, 0.3) is 0 Å². The quantitative estimate of drug-likeness (QED) is 0.789. The van der Waals surface area contributed by atoms with E-state index in [1.54, 1.807) is 6.33 Å². The van der Waals surface area contributed by atoms with Crippen molar-refractivity contribution in [1.82, 2.24) is 19.7 Å². The molecule has 4 heteroatoms. The number of rotatable bonds is 1. The van der Waals surface area contributed by atoms with E-state index in [0.717, 1.165) is 22.4 Å². The van der Waals surface area contributed by atoms with Crippen LogP contribution in [0.4, 0.5) is 0 Å². The fourth-order valence-corrected chi connectivity index (χ4v) is 2.42. The summed E-state index contributed by atoms with van der Waals surface area (Å²) in [6.07, 6.45) is 1.66. The molecule has 0 fully saturated rings. The van der Waals surface area contributed by atoms with Gasteiger partial charge in [-0.25, -0.2) is 14.6 Å². The molecule has 0 aliphatic heterocycles. The third kappa shape index (κ3) is 2.43. The highest BCUT2D eigenvalue weighted by atomic mass is 15.3. The first-order valence-electron chi connectivity index (χ1n) is 7.28. The molecule has 0 atom stereocenters. The monoisotopic (exact) mass is 274 g/mol. The van der Waals surface area contributed by atoms with E-state index in [4.69, 9.17) is 5.10 Å². The Morgan fingerprint density at radius 2 is 1.60 bits per heavy atom. The van der Waals surface area contributed by atoms with Crippen molar-refractivity contribution >= 4 is 11.0 Å². The first-order chi connectivity index (χ1) is 9.03. The molecule has 0 unspecified atom stereocenters. The number of hydrogen-bond acceptors (Lipinski definition) is 3. The normalized spacial score (nSPS) is 13.4. The molecule has 20 heavy (non-hydrogen) atoms. The Bertz CT molecular complexity index is 624. The second kappa shape index (κ2) is 4.54. The first-order valence-corrected chi connectivity index (χ1v) is 7.28. The zero-order chi connectivity index (χ0) is 15.3. The predicted molar refractivity (Wildman–Crippen MR) is 83.1 cm³/mol. The molecule has 0 aliphatic carbocycles. The smallest absolute Gasteiger partial charge is 0.162 e. The lowest BCUT2D eigenvalue weighted by atomic mass is 9.88. The summed E-state index contributed by atoms with van der Waals surface area (Å²) in [5, 5.41) is 5.98. The molecule has 0 amide bonds. The Labute approximate surface area is 121 Å². The van der Waals surface area contributed by atoms with Crippen molar-refractivity contribution in [3.05, 3.63) is 17.7 Å². The van der Waals surface area contributed by atoms with E-state index in [0.29, 0.717) is 5.92 Å². The van der Waals surface area contributed by atoms with E-state index in [2.05, 4.69) is 65.4 Å². The van der Waals surface area contributed by atoms with Crippen molar-refractivity contribution < 1.29 is 0 Å². The minimum atomic E-state index is -0.0884. The summed E-state index contributed by atoms with van der Waals surface area (Å²) in [5.41, 5.74) is 3.02. The molecule has 0 aliphatic rings. The SMILES string of the molecule is CC(C)c1nn(C(C)(C)C)c2ncnc(C(C)(C)C)c12. The summed E-state index contributed by atoms with van der Waals surface area (Å²) in [6.45, 7) is 17.4. The lowest BCUT2D eigenvalue weighted by Gasteiger charge is -2.21. The molecular formula is C16H26N4. The highest BCUT2D eigenvalue weighted by molar-refractivity contribution is 5.82. The zero-order valence-electron chi connectivity index (χ0n) is 13.9. The molecule has 0 N–H and O–H groups in total. The third-order valence-electron chi connectivity index (χ3n) is 3.38. The van der Waals surface area contributed by atoms with Crippen LogP contribution in [0.5, 0.6) is 0 Å². The summed E-state index contributed by atoms with van der Waals surface area (Å²) in [5.74, 6) is 0.355. The van der Waals surface area contributed by atoms with Crippen LogP contribution < -0.4 is 0 Å². The van der Waals surface area contributed by atoms with Gasteiger partial charge in [0, 0.05) is 5.41 Å². The molecule has 2 aromatic rings. The average molecular weight is 274 g/mol. The summed E-state index contributed by atoms with van der Waals surface area (Å²) in [7, 11) is 0. The van der Waals surface area contributed by atoms with Gasteiger partial charge in [-0.05, 0) is 26.7 Å². The Balaban J connectivity index is 2.91. The van der Waals surface area contributed by atoms with Crippen LogP contribution in [0.3, 0.4) is 0 Å². The maximum atomic E-state index is 4.85. The minimum absolute atomic E-state index is 0.0173. The topological polar surface area (TPSA) is 43.6 Å². The highest BCUT2D eigenvalue weighted by Crippen LogP contribution is 2.34. The van der Waals surface area contributed by atoms with Gasteiger partial charge in [-0.3, -0.25) is 0 Å². The number of fused-ring (bicyclic) bond motifs is 1. The van der Waals surface area contributed by atoms with E-state index < -0.39 is 0 Å². The second-order valence-corrected chi connectivity index (χ2v) is 7.79. The molecule has 0 saturated carbocycles. The molecule has 0 aromatic carbocycles. The van der Waals surface area contributed by atoms with Gasteiger partial charge >= 0.3 is 0 Å². The number of hydrogen-bond donors (Lipinski definition) is 0. The minimum Gasteiger partial charge on any atom is -0.242 e. The first kappa shape index (κ1) is 14.9. The van der Waals surface area contributed by atoms with Crippen molar-refractivity contribution in [1.29, 1.82) is 0 Å². The van der Waals surface area contributed by atoms with Crippen LogP contribution in [-0.4, -0.2) is 19.7 Å². The van der Waals surface area contributed by atoms with E-state index in [1.807, 2.05) is 4.68 Å². The van der Waals surface area contributed by atoms with Gasteiger partial charge in [-0.15, -0.1) is 0 Å². The van der Waals surface area contributed by atoms with Gasteiger partial charge in [-0.1, -0.05) is 34.6 Å². The Kier molecular flexibility index (Phi) is 3.39. The van der Waals surface area contributed by atoms with Gasteiger partial charge in [0.15, 0.2) is 5.65 Å². The Morgan fingerprint density at radius 3 is 2.05 bits per heavy atom. The van der Waals surface area contributed by atoms with Gasteiger partial charge in [0.2, 0.25) is 0 Å². The molecule has 0 spiro atoms. The average Bonchev–Trinajstić information content (AvgIpc) is 2.65. The third-order valence-corrected chi connectivity index (χ3v) is 3.38. The van der Waals surface area contributed by atoms with Gasteiger partial charge in [0.1, 0.15) is 6.33 Å². The molecule has 0 bridgehead atoms. The van der Waals surface area contributed by atoms with Crippen LogP contribution in [0.15, 0.2) is 6.33 Å². The van der Waals surface area contributed by atoms with Gasteiger partial charge in [0.05, 0.1) is 22.3 Å². The van der Waals surface area contributed by atoms with E-state index in [9.17, 15) is 0 Å². The van der Waals surface area contributed by atoms with Gasteiger partial charge in [-0.2, -0.15) is 5.10 Å². The largest absolute Gasteiger partial charge is 0.242 e. The van der Waals surface area contributed by atoms with Crippen LogP contribution in [0.1, 0.15) is 72.7 Å². The van der Waals surface area contributed by atoms with Crippen molar-refractivity contribution in [3.8, 4) is 0 Å². The summed E-state index contributed by atoms with van der Waals surface area (Å²) < 4.78 is 2.04. The van der Waals surface area contributed by atoms with Crippen LogP contribution in [0.2, 0.25) is 0 Å².